The molecule has 0 radical (unpaired) electrons. The Bertz CT molecular complexity index is 1420. The number of aliphatic hydroxyl groups is 1. The third kappa shape index (κ3) is 5.01. The number of anilines is 3. The first-order valence-electron chi connectivity index (χ1n) is 11.8. The molecule has 1 aromatic carbocycles. The van der Waals surface area contributed by atoms with E-state index in [0.717, 1.165) is 17.0 Å². The highest BCUT2D eigenvalue weighted by atomic mass is 35.5. The molecule has 4 N–H and O–H groups in total. The molecule has 12 heteroatoms. The Balaban J connectivity index is 1.33. The lowest BCUT2D eigenvalue weighted by molar-refractivity contribution is -0.133. The molecule has 192 valence electrons. The van der Waals surface area contributed by atoms with Gasteiger partial charge < -0.3 is 30.7 Å². The van der Waals surface area contributed by atoms with E-state index in [1.54, 1.807) is 24.4 Å². The maximum absolute atomic E-state index is 12.2. The number of nitrogens with one attached hydrogen (secondary N) is 1. The molecule has 0 spiro atoms. The van der Waals surface area contributed by atoms with Gasteiger partial charge in [-0.05, 0) is 24.3 Å². The topological polar surface area (TPSA) is 134 Å². The number of amides is 1. The number of methoxy groups -OCH3 is 1. The van der Waals surface area contributed by atoms with Crippen molar-refractivity contribution in [2.45, 2.75) is 6.04 Å². The summed E-state index contributed by atoms with van der Waals surface area (Å²) >= 11 is 6.44. The Morgan fingerprint density at radius 3 is 2.76 bits per heavy atom. The molecule has 1 atom stereocenters. The van der Waals surface area contributed by atoms with Crippen molar-refractivity contribution in [1.82, 2.24) is 24.3 Å². The molecule has 1 aliphatic rings. The zero-order valence-electron chi connectivity index (χ0n) is 20.2. The second-order valence-electron chi connectivity index (χ2n) is 8.57. The first-order valence-corrected chi connectivity index (χ1v) is 12.2. The van der Waals surface area contributed by atoms with Crippen LogP contribution in [0.1, 0.15) is 0 Å². The van der Waals surface area contributed by atoms with E-state index in [2.05, 4.69) is 25.2 Å². The standard InChI is InChI=1S/C25H27ClN8O3/c1-37-21-12-16(32-8-10-33(11-9-32)24(36)18(27)15-35)5-6-19(21)30-25-29-13-17(26)23(31-25)20-14-28-22-4-2-3-7-34(20)22/h2-7,12-14,18,35H,8-11,15,27H2,1H3,(H,29,30,31)/t18-/m1/s1. The van der Waals surface area contributed by atoms with Crippen molar-refractivity contribution in [2.24, 2.45) is 5.73 Å². The van der Waals surface area contributed by atoms with Gasteiger partial charge in [-0.15, -0.1) is 0 Å². The van der Waals surface area contributed by atoms with Gasteiger partial charge in [-0.3, -0.25) is 9.20 Å². The van der Waals surface area contributed by atoms with Gasteiger partial charge in [0.15, 0.2) is 0 Å². The molecule has 4 heterocycles. The van der Waals surface area contributed by atoms with Crippen molar-refractivity contribution < 1.29 is 14.6 Å². The van der Waals surface area contributed by atoms with Crippen LogP contribution in [0.2, 0.25) is 5.02 Å². The van der Waals surface area contributed by atoms with Gasteiger partial charge in [-0.25, -0.2) is 15.0 Å². The Hall–Kier alpha value is -3.93. The summed E-state index contributed by atoms with van der Waals surface area (Å²) < 4.78 is 7.56. The van der Waals surface area contributed by atoms with Crippen LogP contribution in [-0.4, -0.2) is 81.2 Å². The van der Waals surface area contributed by atoms with E-state index < -0.39 is 6.04 Å². The Labute approximate surface area is 218 Å². The van der Waals surface area contributed by atoms with E-state index in [4.69, 9.17) is 27.2 Å². The van der Waals surface area contributed by atoms with Crippen LogP contribution in [0.5, 0.6) is 5.75 Å². The van der Waals surface area contributed by atoms with Crippen molar-refractivity contribution in [3.05, 3.63) is 60.0 Å². The molecule has 11 nitrogen and oxygen atoms in total. The normalized spacial score (nSPS) is 14.6. The number of hydrogen-bond donors (Lipinski definition) is 3. The summed E-state index contributed by atoms with van der Waals surface area (Å²) in [6.45, 7) is 1.98. The van der Waals surface area contributed by atoms with Gasteiger partial charge in [-0.1, -0.05) is 17.7 Å². The summed E-state index contributed by atoms with van der Waals surface area (Å²) in [5.41, 5.74) is 9.44. The molecule has 0 unspecified atom stereocenters. The second kappa shape index (κ2) is 10.6. The number of fused-ring (bicyclic) bond motifs is 1. The first kappa shape index (κ1) is 24.8. The number of pyridine rings is 1. The Kier molecular flexibility index (Phi) is 7.08. The maximum Gasteiger partial charge on any atom is 0.241 e. The van der Waals surface area contributed by atoms with Crippen molar-refractivity contribution in [1.29, 1.82) is 0 Å². The van der Waals surface area contributed by atoms with Gasteiger partial charge in [0.25, 0.3) is 0 Å². The number of aliphatic hydroxyl groups excluding tert-OH is 1. The third-order valence-electron chi connectivity index (χ3n) is 6.31. The molecular formula is C25H27ClN8O3. The summed E-state index contributed by atoms with van der Waals surface area (Å²) in [4.78, 5) is 29.5. The van der Waals surface area contributed by atoms with Crippen molar-refractivity contribution >= 4 is 40.5 Å². The maximum atomic E-state index is 12.2. The number of carbonyl (C=O) groups is 1. The van der Waals surface area contributed by atoms with Gasteiger partial charge in [-0.2, -0.15) is 0 Å². The van der Waals surface area contributed by atoms with Crippen LogP contribution < -0.4 is 20.7 Å². The lowest BCUT2D eigenvalue weighted by Gasteiger charge is -2.37. The van der Waals surface area contributed by atoms with Crippen LogP contribution >= 0.6 is 11.6 Å². The lowest BCUT2D eigenvalue weighted by Crippen LogP contribution is -2.54. The molecule has 0 saturated carbocycles. The highest BCUT2D eigenvalue weighted by Crippen LogP contribution is 2.33. The molecule has 4 aromatic rings. The number of aromatic nitrogens is 4. The molecule has 0 aliphatic carbocycles. The second-order valence-corrected chi connectivity index (χ2v) is 8.98. The molecule has 1 saturated heterocycles. The SMILES string of the molecule is COc1cc(N2CCN(C(=O)[C@H](N)CO)CC2)ccc1Nc1ncc(Cl)c(-c2cnc3ccccn23)n1. The number of carbonyl (C=O) groups excluding carboxylic acids is 1. The molecule has 37 heavy (non-hydrogen) atoms. The Morgan fingerprint density at radius 1 is 1.19 bits per heavy atom. The quantitative estimate of drug-likeness (QED) is 0.334. The van der Waals surface area contributed by atoms with Gasteiger partial charge >= 0.3 is 0 Å². The first-order chi connectivity index (χ1) is 18.0. The van der Waals surface area contributed by atoms with Crippen LogP contribution in [0, 0.1) is 0 Å². The number of piperazine rings is 1. The molecule has 1 fully saturated rings. The fourth-order valence-corrected chi connectivity index (χ4v) is 4.50. The van der Waals surface area contributed by atoms with Gasteiger partial charge in [0.1, 0.15) is 23.1 Å². The summed E-state index contributed by atoms with van der Waals surface area (Å²) in [6.07, 6.45) is 5.19. The largest absolute Gasteiger partial charge is 0.494 e. The fourth-order valence-electron chi connectivity index (χ4n) is 4.31. The van der Waals surface area contributed by atoms with Crippen LogP contribution in [0.15, 0.2) is 55.0 Å². The number of nitrogens with zero attached hydrogens (tertiary/aromatic N) is 6. The van der Waals surface area contributed by atoms with E-state index in [1.807, 2.05) is 47.0 Å². The number of rotatable bonds is 7. The number of ether oxygens (including phenoxy) is 1. The minimum Gasteiger partial charge on any atom is -0.494 e. The summed E-state index contributed by atoms with van der Waals surface area (Å²) in [5, 5.41) is 12.8. The zero-order chi connectivity index (χ0) is 25.9. The predicted octanol–water partition coefficient (Wildman–Crippen LogP) is 2.17. The van der Waals surface area contributed by atoms with Crippen molar-refractivity contribution in [3.8, 4) is 17.1 Å². The van der Waals surface area contributed by atoms with Crippen molar-refractivity contribution in [3.63, 3.8) is 0 Å². The highest BCUT2D eigenvalue weighted by molar-refractivity contribution is 6.32. The van der Waals surface area contributed by atoms with E-state index in [9.17, 15) is 4.79 Å². The van der Waals surface area contributed by atoms with Gasteiger partial charge in [0.2, 0.25) is 11.9 Å². The third-order valence-corrected chi connectivity index (χ3v) is 6.58. The van der Waals surface area contributed by atoms with Crippen LogP contribution in [0.3, 0.4) is 0 Å². The lowest BCUT2D eigenvalue weighted by atomic mass is 10.2. The molecular weight excluding hydrogens is 496 g/mol. The number of imidazole rings is 1. The van der Waals surface area contributed by atoms with Crippen LogP contribution in [0.4, 0.5) is 17.3 Å². The predicted molar refractivity (Wildman–Crippen MR) is 141 cm³/mol. The number of nitrogens with two attached hydrogens (primary N) is 1. The number of hydrogen-bond acceptors (Lipinski definition) is 9. The average Bonchev–Trinajstić information content (AvgIpc) is 3.37. The monoisotopic (exact) mass is 522 g/mol. The van der Waals surface area contributed by atoms with E-state index >= 15 is 0 Å². The summed E-state index contributed by atoms with van der Waals surface area (Å²) in [7, 11) is 1.60. The van der Waals surface area contributed by atoms with Crippen molar-refractivity contribution in [2.75, 3.05) is 50.1 Å². The smallest absolute Gasteiger partial charge is 0.241 e. The highest BCUT2D eigenvalue weighted by Gasteiger charge is 2.25. The number of benzene rings is 1. The zero-order valence-corrected chi connectivity index (χ0v) is 21.0. The summed E-state index contributed by atoms with van der Waals surface area (Å²) in [6, 6.07) is 10.7. The molecule has 1 aliphatic heterocycles. The van der Waals surface area contributed by atoms with Crippen LogP contribution in [0.25, 0.3) is 17.0 Å². The van der Waals surface area contributed by atoms with Crippen LogP contribution in [-0.2, 0) is 4.79 Å². The minimum atomic E-state index is -0.875. The average molecular weight is 523 g/mol. The van der Waals surface area contributed by atoms with Gasteiger partial charge in [0, 0.05) is 44.1 Å². The summed E-state index contributed by atoms with van der Waals surface area (Å²) in [5.74, 6) is 0.752. The van der Waals surface area contributed by atoms with E-state index in [0.29, 0.717) is 54.3 Å². The molecule has 5 rings (SSSR count). The Morgan fingerprint density at radius 2 is 2.00 bits per heavy atom. The molecule has 3 aromatic heterocycles. The van der Waals surface area contributed by atoms with Gasteiger partial charge in [0.05, 0.1) is 42.5 Å². The fraction of sp³-hybridized carbons (Fsp3) is 0.280. The molecule has 0 bridgehead atoms. The molecule has 1 amide bonds. The van der Waals surface area contributed by atoms with E-state index in [-0.39, 0.29) is 12.5 Å². The van der Waals surface area contributed by atoms with E-state index in [1.165, 1.54) is 0 Å². The minimum absolute atomic E-state index is 0.231. The number of halogens is 1.